The van der Waals surface area contributed by atoms with E-state index in [2.05, 4.69) is 4.99 Å². The van der Waals surface area contributed by atoms with E-state index in [1.165, 1.54) is 13.8 Å². The largest absolute Gasteiger partial charge is 0.511 e. The third-order valence-electron chi connectivity index (χ3n) is 2.64. The van der Waals surface area contributed by atoms with Crippen LogP contribution in [-0.2, 0) is 9.59 Å². The van der Waals surface area contributed by atoms with Crippen molar-refractivity contribution in [1.82, 2.24) is 0 Å². The Kier molecular flexibility index (Phi) is 1.80. The normalized spacial score (nSPS) is 32.0. The van der Waals surface area contributed by atoms with Gasteiger partial charge in [-0.1, -0.05) is 0 Å². The van der Waals surface area contributed by atoms with Gasteiger partial charge in [-0.25, -0.2) is 4.99 Å². The second-order valence-electron chi connectivity index (χ2n) is 3.78. The summed E-state index contributed by atoms with van der Waals surface area (Å²) in [4.78, 5) is 25.8. The van der Waals surface area contributed by atoms with Gasteiger partial charge in [0.25, 0.3) is 0 Å². The van der Waals surface area contributed by atoms with Gasteiger partial charge >= 0.3 is 0 Å². The fraction of sp³-hybridized carbons (Fsp3) is 0.500. The van der Waals surface area contributed by atoms with Crippen molar-refractivity contribution in [2.24, 2.45) is 16.8 Å². The van der Waals surface area contributed by atoms with E-state index in [0.717, 1.165) is 6.42 Å². The number of hydrogen-bond donors (Lipinski definition) is 1. The summed E-state index contributed by atoms with van der Waals surface area (Å²) in [6.45, 7) is 2.73. The van der Waals surface area contributed by atoms with E-state index in [4.69, 9.17) is 0 Å². The molecule has 1 saturated carbocycles. The number of amides is 1. The molecule has 2 aliphatic carbocycles. The van der Waals surface area contributed by atoms with Gasteiger partial charge in [0.15, 0.2) is 5.78 Å². The predicted octanol–water partition coefficient (Wildman–Crippen LogP) is 1.02. The average molecular weight is 193 g/mol. The van der Waals surface area contributed by atoms with Crippen molar-refractivity contribution in [2.75, 3.05) is 0 Å². The van der Waals surface area contributed by atoms with Gasteiger partial charge in [0.2, 0.25) is 5.91 Å². The maximum atomic E-state index is 11.2. The lowest BCUT2D eigenvalue weighted by molar-refractivity contribution is -0.115. The molecule has 0 aliphatic heterocycles. The Balaban J connectivity index is 2.44. The minimum absolute atomic E-state index is 0.0481. The minimum Gasteiger partial charge on any atom is -0.511 e. The van der Waals surface area contributed by atoms with E-state index in [1.807, 2.05) is 0 Å². The summed E-state index contributed by atoms with van der Waals surface area (Å²) in [6, 6.07) is 0. The second-order valence-corrected chi connectivity index (χ2v) is 3.78. The zero-order valence-corrected chi connectivity index (χ0v) is 8.07. The van der Waals surface area contributed by atoms with Crippen molar-refractivity contribution in [3.8, 4) is 0 Å². The highest BCUT2D eigenvalue weighted by molar-refractivity contribution is 6.27. The molecule has 0 spiro atoms. The standard InChI is InChI=1S/C10H11NO3/c1-4(12)8-9(11-5(2)13)6-3-7(6)10(8)14/h6-7,14H,3H2,1-2H3. The van der Waals surface area contributed by atoms with E-state index in [-0.39, 0.29) is 34.9 Å². The Morgan fingerprint density at radius 3 is 2.50 bits per heavy atom. The molecule has 0 bridgehead atoms. The summed E-state index contributed by atoms with van der Waals surface area (Å²) in [5, 5.41) is 9.62. The Bertz CT molecular complexity index is 392. The highest BCUT2D eigenvalue weighted by Crippen LogP contribution is 2.52. The van der Waals surface area contributed by atoms with Crippen LogP contribution >= 0.6 is 0 Å². The number of Topliss-reactive ketones (excluding diaryl/α,β-unsaturated/α-hetero) is 1. The number of nitrogens with zero attached hydrogens (tertiary/aromatic N) is 1. The molecule has 2 aliphatic rings. The summed E-state index contributed by atoms with van der Waals surface area (Å²) in [7, 11) is 0. The van der Waals surface area contributed by atoms with Gasteiger partial charge < -0.3 is 5.11 Å². The van der Waals surface area contributed by atoms with Crippen LogP contribution in [0, 0.1) is 11.8 Å². The zero-order chi connectivity index (χ0) is 10.5. The summed E-state index contributed by atoms with van der Waals surface area (Å²) >= 11 is 0. The molecule has 14 heavy (non-hydrogen) atoms. The molecule has 4 heteroatoms. The molecule has 74 valence electrons. The molecule has 0 aromatic carbocycles. The third-order valence-corrected chi connectivity index (χ3v) is 2.64. The highest BCUT2D eigenvalue weighted by Gasteiger charge is 2.53. The van der Waals surface area contributed by atoms with Crippen LogP contribution in [0.4, 0.5) is 0 Å². The Morgan fingerprint density at radius 1 is 1.36 bits per heavy atom. The molecule has 0 heterocycles. The quantitative estimate of drug-likeness (QED) is 0.676. The Hall–Kier alpha value is -1.45. The van der Waals surface area contributed by atoms with Gasteiger partial charge in [-0.15, -0.1) is 0 Å². The number of carbonyl (C=O) groups is 2. The number of aliphatic hydroxyl groups excluding tert-OH is 1. The lowest BCUT2D eigenvalue weighted by Gasteiger charge is -2.02. The average Bonchev–Trinajstić information content (AvgIpc) is 2.74. The van der Waals surface area contributed by atoms with Crippen molar-refractivity contribution >= 4 is 17.4 Å². The molecule has 1 fully saturated rings. The monoisotopic (exact) mass is 193 g/mol. The lowest BCUT2D eigenvalue weighted by atomic mass is 10.1. The molecule has 0 aromatic heterocycles. The smallest absolute Gasteiger partial charge is 0.242 e. The van der Waals surface area contributed by atoms with E-state index >= 15 is 0 Å². The first-order valence-corrected chi connectivity index (χ1v) is 4.56. The van der Waals surface area contributed by atoms with Gasteiger partial charge in [-0.3, -0.25) is 9.59 Å². The first kappa shape index (κ1) is 9.12. The van der Waals surface area contributed by atoms with E-state index < -0.39 is 0 Å². The van der Waals surface area contributed by atoms with Gasteiger partial charge in [-0.2, -0.15) is 0 Å². The number of hydrogen-bond acceptors (Lipinski definition) is 3. The van der Waals surface area contributed by atoms with Gasteiger partial charge in [0.05, 0.1) is 11.3 Å². The molecule has 1 amide bonds. The molecule has 2 atom stereocenters. The molecular weight excluding hydrogens is 182 g/mol. The van der Waals surface area contributed by atoms with Crippen LogP contribution in [0.25, 0.3) is 0 Å². The van der Waals surface area contributed by atoms with Crippen molar-refractivity contribution in [2.45, 2.75) is 20.3 Å². The van der Waals surface area contributed by atoms with Crippen molar-refractivity contribution < 1.29 is 14.7 Å². The molecule has 0 radical (unpaired) electrons. The fourth-order valence-corrected chi connectivity index (χ4v) is 1.97. The molecule has 0 saturated heterocycles. The third kappa shape index (κ3) is 1.18. The van der Waals surface area contributed by atoms with Crippen molar-refractivity contribution in [3.63, 3.8) is 0 Å². The summed E-state index contributed by atoms with van der Waals surface area (Å²) in [5.41, 5.74) is 0.758. The molecule has 2 unspecified atom stereocenters. The van der Waals surface area contributed by atoms with E-state index in [1.54, 1.807) is 0 Å². The predicted molar refractivity (Wildman–Crippen MR) is 50.0 cm³/mol. The fourth-order valence-electron chi connectivity index (χ4n) is 1.97. The second kappa shape index (κ2) is 2.77. The number of carbonyl (C=O) groups excluding carboxylic acids is 2. The molecule has 0 aromatic rings. The topological polar surface area (TPSA) is 66.7 Å². The first-order chi connectivity index (χ1) is 6.52. The van der Waals surface area contributed by atoms with Gasteiger partial charge in [0.1, 0.15) is 5.76 Å². The van der Waals surface area contributed by atoms with Gasteiger partial charge in [0, 0.05) is 18.8 Å². The summed E-state index contributed by atoms with van der Waals surface area (Å²) in [6.07, 6.45) is 0.814. The van der Waals surface area contributed by atoms with Crippen LogP contribution in [-0.4, -0.2) is 22.5 Å². The van der Waals surface area contributed by atoms with Gasteiger partial charge in [-0.05, 0) is 13.3 Å². The number of fused-ring (bicyclic) bond motifs is 1. The lowest BCUT2D eigenvalue weighted by Crippen LogP contribution is -2.12. The maximum Gasteiger partial charge on any atom is 0.242 e. The van der Waals surface area contributed by atoms with E-state index in [0.29, 0.717) is 5.71 Å². The highest BCUT2D eigenvalue weighted by atomic mass is 16.3. The Morgan fingerprint density at radius 2 is 2.00 bits per heavy atom. The molecule has 1 N–H and O–H groups in total. The molecular formula is C10H11NO3. The number of ketones is 1. The SMILES string of the molecule is CC(=O)N=C1C(C(C)=O)=C(O)C2CC12. The Labute approximate surface area is 81.3 Å². The minimum atomic E-state index is -0.320. The van der Waals surface area contributed by atoms with Crippen LogP contribution < -0.4 is 0 Å². The summed E-state index contributed by atoms with van der Waals surface area (Å²) in [5.74, 6) is -0.249. The van der Waals surface area contributed by atoms with Crippen LogP contribution in [0.2, 0.25) is 0 Å². The van der Waals surface area contributed by atoms with Crippen LogP contribution in [0.15, 0.2) is 16.3 Å². The van der Waals surface area contributed by atoms with Crippen molar-refractivity contribution in [3.05, 3.63) is 11.3 Å². The van der Waals surface area contributed by atoms with Crippen LogP contribution in [0.1, 0.15) is 20.3 Å². The number of aliphatic hydroxyl groups is 1. The van der Waals surface area contributed by atoms with Crippen LogP contribution in [0.5, 0.6) is 0 Å². The molecule has 4 nitrogen and oxygen atoms in total. The first-order valence-electron chi connectivity index (χ1n) is 4.56. The number of aliphatic imine (C=N–C) groups is 1. The van der Waals surface area contributed by atoms with Crippen LogP contribution in [0.3, 0.4) is 0 Å². The summed E-state index contributed by atoms with van der Waals surface area (Å²) < 4.78 is 0. The maximum absolute atomic E-state index is 11.2. The van der Waals surface area contributed by atoms with E-state index in [9.17, 15) is 14.7 Å². The van der Waals surface area contributed by atoms with Crippen molar-refractivity contribution in [1.29, 1.82) is 0 Å². The number of allylic oxidation sites excluding steroid dienone is 2. The number of rotatable bonds is 1. The molecule has 2 rings (SSSR count). The zero-order valence-electron chi connectivity index (χ0n) is 8.07.